The van der Waals surface area contributed by atoms with Crippen molar-refractivity contribution < 1.29 is 9.53 Å². The molecular weight excluding hydrogens is 266 g/mol. The van der Waals surface area contributed by atoms with Gasteiger partial charge in [-0.1, -0.05) is 6.07 Å². The van der Waals surface area contributed by atoms with Crippen molar-refractivity contribution in [2.75, 3.05) is 11.9 Å². The number of amides is 1. The number of nitriles is 1. The summed E-state index contributed by atoms with van der Waals surface area (Å²) in [6.45, 7) is 3.65. The van der Waals surface area contributed by atoms with Crippen LogP contribution in [-0.4, -0.2) is 17.5 Å². The van der Waals surface area contributed by atoms with E-state index in [0.717, 1.165) is 5.69 Å². The Morgan fingerprint density at radius 2 is 2.14 bits per heavy atom. The third-order valence-electron chi connectivity index (χ3n) is 2.86. The molecule has 1 amide bonds. The Balaban J connectivity index is 2.14. The largest absolute Gasteiger partial charge is 0.479 e. The van der Waals surface area contributed by atoms with Crippen LogP contribution in [0, 0.1) is 25.2 Å². The van der Waals surface area contributed by atoms with Crippen LogP contribution in [-0.2, 0) is 0 Å². The van der Waals surface area contributed by atoms with Crippen LogP contribution in [0.5, 0.6) is 5.75 Å². The number of aryl methyl sites for hydroxylation is 2. The summed E-state index contributed by atoms with van der Waals surface area (Å²) in [6.07, 6.45) is 0. The highest BCUT2D eigenvalue weighted by atomic mass is 16.5. The van der Waals surface area contributed by atoms with Gasteiger partial charge in [0, 0.05) is 17.4 Å². The molecule has 21 heavy (non-hydrogen) atoms. The second kappa shape index (κ2) is 6.53. The molecule has 5 heteroatoms. The van der Waals surface area contributed by atoms with E-state index >= 15 is 0 Å². The Morgan fingerprint density at radius 3 is 2.86 bits per heavy atom. The Kier molecular flexibility index (Phi) is 4.52. The fourth-order valence-corrected chi connectivity index (χ4v) is 1.90. The first-order chi connectivity index (χ1) is 10.1. The zero-order chi connectivity index (χ0) is 15.2. The number of ether oxygens (including phenoxy) is 1. The predicted octanol–water partition coefficient (Wildman–Crippen LogP) is 2.85. The first-order valence-electron chi connectivity index (χ1n) is 6.45. The number of nitrogens with zero attached hydrogens (tertiary/aromatic N) is 2. The Morgan fingerprint density at radius 1 is 1.33 bits per heavy atom. The number of benzene rings is 1. The van der Waals surface area contributed by atoms with Crippen LogP contribution in [0.25, 0.3) is 0 Å². The molecule has 1 heterocycles. The molecule has 0 aliphatic carbocycles. The lowest BCUT2D eigenvalue weighted by molar-refractivity contribution is 0.102. The molecule has 0 spiro atoms. The second-order valence-corrected chi connectivity index (χ2v) is 4.51. The quantitative estimate of drug-likeness (QED) is 0.935. The average molecular weight is 281 g/mol. The fourth-order valence-electron chi connectivity index (χ4n) is 1.90. The summed E-state index contributed by atoms with van der Waals surface area (Å²) in [5.41, 5.74) is 2.69. The van der Waals surface area contributed by atoms with Gasteiger partial charge in [0.2, 0.25) is 0 Å². The van der Waals surface area contributed by atoms with E-state index in [0.29, 0.717) is 22.7 Å². The summed E-state index contributed by atoms with van der Waals surface area (Å²) in [7, 11) is 0. The molecule has 1 aromatic heterocycles. The lowest BCUT2D eigenvalue weighted by atomic mass is 10.1. The number of hydrogen-bond donors (Lipinski definition) is 1. The smallest absolute Gasteiger partial charge is 0.257 e. The van der Waals surface area contributed by atoms with Gasteiger partial charge in [0.05, 0.1) is 11.3 Å². The van der Waals surface area contributed by atoms with Gasteiger partial charge in [-0.2, -0.15) is 5.26 Å². The number of hydrogen-bond acceptors (Lipinski definition) is 4. The summed E-state index contributed by atoms with van der Waals surface area (Å²) in [6, 6.07) is 12.4. The summed E-state index contributed by atoms with van der Waals surface area (Å²) in [5.74, 6) is 0.311. The molecule has 0 aliphatic heterocycles. The monoisotopic (exact) mass is 281 g/mol. The maximum Gasteiger partial charge on any atom is 0.257 e. The number of anilines is 1. The molecule has 2 rings (SSSR count). The molecule has 0 saturated carbocycles. The summed E-state index contributed by atoms with van der Waals surface area (Å²) in [4.78, 5) is 16.5. The second-order valence-electron chi connectivity index (χ2n) is 4.51. The van der Waals surface area contributed by atoms with Crippen LogP contribution >= 0.6 is 0 Å². The number of carbonyl (C=O) groups excluding carboxylic acids is 1. The van der Waals surface area contributed by atoms with Crippen LogP contribution in [0.15, 0.2) is 36.4 Å². The molecule has 0 bridgehead atoms. The third-order valence-corrected chi connectivity index (χ3v) is 2.86. The lowest BCUT2D eigenvalue weighted by Gasteiger charge is -2.09. The number of rotatable bonds is 4. The van der Waals surface area contributed by atoms with Crippen molar-refractivity contribution in [3.63, 3.8) is 0 Å². The fraction of sp³-hybridized carbons (Fsp3) is 0.188. The zero-order valence-corrected chi connectivity index (χ0v) is 11.9. The molecular formula is C16H15N3O2. The van der Waals surface area contributed by atoms with Crippen molar-refractivity contribution in [2.45, 2.75) is 13.8 Å². The predicted molar refractivity (Wildman–Crippen MR) is 79.2 cm³/mol. The van der Waals surface area contributed by atoms with Gasteiger partial charge in [0.25, 0.3) is 5.91 Å². The van der Waals surface area contributed by atoms with Gasteiger partial charge in [0.1, 0.15) is 11.8 Å². The van der Waals surface area contributed by atoms with Crippen molar-refractivity contribution in [3.05, 3.63) is 53.3 Å². The van der Waals surface area contributed by atoms with E-state index in [1.54, 1.807) is 43.3 Å². The van der Waals surface area contributed by atoms with E-state index in [1.807, 2.05) is 13.0 Å². The van der Waals surface area contributed by atoms with E-state index < -0.39 is 0 Å². The summed E-state index contributed by atoms with van der Waals surface area (Å²) >= 11 is 0. The maximum atomic E-state index is 12.2. The SMILES string of the molecule is Cc1ccc(C(=O)Nc2cccc(OCC#N)c2)c(C)n1. The topological polar surface area (TPSA) is 75.0 Å². The van der Waals surface area contributed by atoms with E-state index in [4.69, 9.17) is 10.00 Å². The van der Waals surface area contributed by atoms with Gasteiger partial charge in [-0.25, -0.2) is 0 Å². The van der Waals surface area contributed by atoms with Crippen molar-refractivity contribution in [1.82, 2.24) is 4.98 Å². The van der Waals surface area contributed by atoms with Crippen molar-refractivity contribution in [2.24, 2.45) is 0 Å². The van der Waals surface area contributed by atoms with Crippen molar-refractivity contribution in [1.29, 1.82) is 5.26 Å². The molecule has 0 radical (unpaired) electrons. The first-order valence-corrected chi connectivity index (χ1v) is 6.45. The van der Waals surface area contributed by atoms with Gasteiger partial charge >= 0.3 is 0 Å². The number of aromatic nitrogens is 1. The molecule has 0 saturated heterocycles. The van der Waals surface area contributed by atoms with Crippen molar-refractivity contribution >= 4 is 11.6 Å². The van der Waals surface area contributed by atoms with Crippen LogP contribution in [0.3, 0.4) is 0 Å². The van der Waals surface area contributed by atoms with E-state index in [-0.39, 0.29) is 12.5 Å². The van der Waals surface area contributed by atoms with Crippen LogP contribution in [0.1, 0.15) is 21.7 Å². The van der Waals surface area contributed by atoms with Crippen LogP contribution in [0.2, 0.25) is 0 Å². The van der Waals surface area contributed by atoms with Gasteiger partial charge in [0.15, 0.2) is 6.61 Å². The highest BCUT2D eigenvalue weighted by molar-refractivity contribution is 6.05. The molecule has 5 nitrogen and oxygen atoms in total. The minimum absolute atomic E-state index is 0.0294. The first kappa shape index (κ1) is 14.5. The van der Waals surface area contributed by atoms with E-state index in [2.05, 4.69) is 10.3 Å². The standard InChI is InChI=1S/C16H15N3O2/c1-11-6-7-15(12(2)18-11)16(20)19-13-4-3-5-14(10-13)21-9-8-17/h3-7,10H,9H2,1-2H3,(H,19,20). The molecule has 106 valence electrons. The van der Waals surface area contributed by atoms with Gasteiger partial charge in [-0.05, 0) is 38.1 Å². The molecule has 2 aromatic rings. The molecule has 0 aliphatic rings. The Labute approximate surface area is 123 Å². The molecule has 0 atom stereocenters. The van der Waals surface area contributed by atoms with Gasteiger partial charge in [-0.15, -0.1) is 0 Å². The molecule has 1 N–H and O–H groups in total. The number of carbonyl (C=O) groups is 1. The third kappa shape index (κ3) is 3.80. The summed E-state index contributed by atoms with van der Waals surface area (Å²) in [5, 5.41) is 11.3. The average Bonchev–Trinajstić information content (AvgIpc) is 2.45. The van der Waals surface area contributed by atoms with E-state index in [9.17, 15) is 4.79 Å². The molecule has 0 fully saturated rings. The maximum absolute atomic E-state index is 12.2. The normalized spacial score (nSPS) is 9.76. The van der Waals surface area contributed by atoms with Crippen molar-refractivity contribution in [3.8, 4) is 11.8 Å². The van der Waals surface area contributed by atoms with Crippen LogP contribution < -0.4 is 10.1 Å². The van der Waals surface area contributed by atoms with Gasteiger partial charge in [-0.3, -0.25) is 9.78 Å². The minimum Gasteiger partial charge on any atom is -0.479 e. The van der Waals surface area contributed by atoms with Crippen LogP contribution in [0.4, 0.5) is 5.69 Å². The van der Waals surface area contributed by atoms with E-state index in [1.165, 1.54) is 0 Å². The number of pyridine rings is 1. The zero-order valence-electron chi connectivity index (χ0n) is 11.9. The lowest BCUT2D eigenvalue weighted by Crippen LogP contribution is -2.14. The highest BCUT2D eigenvalue weighted by Crippen LogP contribution is 2.18. The number of nitrogens with one attached hydrogen (secondary N) is 1. The minimum atomic E-state index is -0.225. The van der Waals surface area contributed by atoms with Gasteiger partial charge < -0.3 is 10.1 Å². The Hall–Kier alpha value is -2.87. The summed E-state index contributed by atoms with van der Waals surface area (Å²) < 4.78 is 5.20. The Bertz CT molecular complexity index is 705. The molecule has 1 aromatic carbocycles. The highest BCUT2D eigenvalue weighted by Gasteiger charge is 2.10. The molecule has 0 unspecified atom stereocenters.